The summed E-state index contributed by atoms with van der Waals surface area (Å²) in [6, 6.07) is 3.61. The van der Waals surface area contributed by atoms with Crippen molar-refractivity contribution in [1.82, 2.24) is 0 Å². The molecule has 0 saturated heterocycles. The van der Waals surface area contributed by atoms with Gasteiger partial charge in [0.1, 0.15) is 5.82 Å². The third kappa shape index (κ3) is 2.86. The van der Waals surface area contributed by atoms with Crippen molar-refractivity contribution in [2.45, 2.75) is 45.4 Å². The maximum atomic E-state index is 13.8. The number of aryl methyl sites for hydroxylation is 1. The summed E-state index contributed by atoms with van der Waals surface area (Å²) in [5.74, 6) is -0.0493. The van der Waals surface area contributed by atoms with Crippen molar-refractivity contribution in [2.75, 3.05) is 6.54 Å². The molecule has 1 aromatic rings. The monoisotopic (exact) mass is 269 g/mol. The molecular formula is C15H21ClFN. The van der Waals surface area contributed by atoms with Gasteiger partial charge in [-0.3, -0.25) is 0 Å². The van der Waals surface area contributed by atoms with E-state index in [1.165, 1.54) is 12.8 Å². The SMILES string of the molecule is CC(C)c1cc(CCC2(CN)CC2)cc(F)c1Cl. The van der Waals surface area contributed by atoms with E-state index in [4.69, 9.17) is 17.3 Å². The van der Waals surface area contributed by atoms with E-state index >= 15 is 0 Å². The van der Waals surface area contributed by atoms with Crippen LogP contribution in [-0.4, -0.2) is 6.54 Å². The van der Waals surface area contributed by atoms with Crippen molar-refractivity contribution in [3.63, 3.8) is 0 Å². The number of rotatable bonds is 5. The van der Waals surface area contributed by atoms with Crippen LogP contribution in [0.3, 0.4) is 0 Å². The Morgan fingerprint density at radius 1 is 1.39 bits per heavy atom. The third-order valence-corrected chi connectivity index (χ3v) is 4.47. The van der Waals surface area contributed by atoms with Crippen molar-refractivity contribution < 1.29 is 4.39 Å². The first-order valence-corrected chi connectivity index (χ1v) is 7.03. The maximum absolute atomic E-state index is 13.8. The summed E-state index contributed by atoms with van der Waals surface area (Å²) in [7, 11) is 0. The summed E-state index contributed by atoms with van der Waals surface area (Å²) >= 11 is 5.99. The third-order valence-electron chi connectivity index (χ3n) is 4.07. The van der Waals surface area contributed by atoms with E-state index in [9.17, 15) is 4.39 Å². The van der Waals surface area contributed by atoms with Crippen LogP contribution in [0.15, 0.2) is 12.1 Å². The Hall–Kier alpha value is -0.600. The van der Waals surface area contributed by atoms with Gasteiger partial charge in [-0.05, 0) is 60.8 Å². The molecule has 0 aliphatic heterocycles. The molecule has 2 rings (SSSR count). The van der Waals surface area contributed by atoms with Crippen molar-refractivity contribution in [1.29, 1.82) is 0 Å². The normalized spacial score (nSPS) is 17.2. The zero-order valence-corrected chi connectivity index (χ0v) is 11.9. The van der Waals surface area contributed by atoms with E-state index in [2.05, 4.69) is 0 Å². The lowest BCUT2D eigenvalue weighted by Gasteiger charge is -2.15. The standard InChI is InChI=1S/C15H21ClFN/c1-10(2)12-7-11(8-13(17)14(12)16)3-4-15(9-18)5-6-15/h7-8,10H,3-6,9,18H2,1-2H3. The molecule has 1 nitrogen and oxygen atoms in total. The number of hydrogen-bond acceptors (Lipinski definition) is 1. The van der Waals surface area contributed by atoms with E-state index in [1.807, 2.05) is 19.9 Å². The van der Waals surface area contributed by atoms with Crippen molar-refractivity contribution >= 4 is 11.6 Å². The van der Waals surface area contributed by atoms with Gasteiger partial charge in [-0.15, -0.1) is 0 Å². The van der Waals surface area contributed by atoms with E-state index in [0.29, 0.717) is 5.41 Å². The molecule has 1 saturated carbocycles. The predicted molar refractivity (Wildman–Crippen MR) is 74.5 cm³/mol. The van der Waals surface area contributed by atoms with Gasteiger partial charge in [-0.1, -0.05) is 31.5 Å². The van der Waals surface area contributed by atoms with Gasteiger partial charge in [-0.2, -0.15) is 0 Å². The van der Waals surface area contributed by atoms with Gasteiger partial charge < -0.3 is 5.73 Å². The summed E-state index contributed by atoms with van der Waals surface area (Å²) < 4.78 is 13.8. The summed E-state index contributed by atoms with van der Waals surface area (Å²) in [5.41, 5.74) is 8.06. The van der Waals surface area contributed by atoms with Crippen LogP contribution in [0.25, 0.3) is 0 Å². The highest BCUT2D eigenvalue weighted by molar-refractivity contribution is 6.31. The van der Waals surface area contributed by atoms with Crippen LogP contribution >= 0.6 is 11.6 Å². The lowest BCUT2D eigenvalue weighted by atomic mass is 9.94. The van der Waals surface area contributed by atoms with Gasteiger partial charge in [0.15, 0.2) is 0 Å². The molecule has 0 spiro atoms. The summed E-state index contributed by atoms with van der Waals surface area (Å²) in [6.07, 6.45) is 4.39. The molecule has 2 N–H and O–H groups in total. The average Bonchev–Trinajstić information content (AvgIpc) is 3.11. The minimum absolute atomic E-state index is 0.247. The average molecular weight is 270 g/mol. The number of benzene rings is 1. The zero-order valence-electron chi connectivity index (χ0n) is 11.1. The quantitative estimate of drug-likeness (QED) is 0.849. The molecular weight excluding hydrogens is 249 g/mol. The molecule has 0 bridgehead atoms. The van der Waals surface area contributed by atoms with Gasteiger partial charge in [0, 0.05) is 0 Å². The maximum Gasteiger partial charge on any atom is 0.142 e. The van der Waals surface area contributed by atoms with Crippen molar-refractivity contribution in [3.8, 4) is 0 Å². The lowest BCUT2D eigenvalue weighted by Crippen LogP contribution is -2.16. The minimum Gasteiger partial charge on any atom is -0.330 e. The molecule has 0 radical (unpaired) electrons. The first-order valence-electron chi connectivity index (χ1n) is 6.65. The topological polar surface area (TPSA) is 26.0 Å². The van der Waals surface area contributed by atoms with E-state index in [1.54, 1.807) is 6.07 Å². The Morgan fingerprint density at radius 3 is 2.56 bits per heavy atom. The Morgan fingerprint density at radius 2 is 2.06 bits per heavy atom. The fourth-order valence-electron chi connectivity index (χ4n) is 2.38. The molecule has 0 heterocycles. The first-order chi connectivity index (χ1) is 8.47. The lowest BCUT2D eigenvalue weighted by molar-refractivity contribution is 0.477. The molecule has 18 heavy (non-hydrogen) atoms. The van der Waals surface area contributed by atoms with Gasteiger partial charge in [0.05, 0.1) is 5.02 Å². The van der Waals surface area contributed by atoms with Crippen LogP contribution in [0.2, 0.25) is 5.02 Å². The Bertz CT molecular complexity index is 438. The summed E-state index contributed by atoms with van der Waals surface area (Å²) in [5, 5.41) is 0.272. The molecule has 100 valence electrons. The van der Waals surface area contributed by atoms with Crippen molar-refractivity contribution in [2.24, 2.45) is 11.1 Å². The molecule has 0 unspecified atom stereocenters. The highest BCUT2D eigenvalue weighted by Crippen LogP contribution is 2.48. The molecule has 1 aromatic carbocycles. The zero-order chi connectivity index (χ0) is 13.3. The van der Waals surface area contributed by atoms with Crippen LogP contribution in [-0.2, 0) is 6.42 Å². The number of halogens is 2. The van der Waals surface area contributed by atoms with E-state index in [0.717, 1.165) is 30.5 Å². The van der Waals surface area contributed by atoms with E-state index in [-0.39, 0.29) is 16.8 Å². The van der Waals surface area contributed by atoms with Crippen LogP contribution in [0, 0.1) is 11.2 Å². The van der Waals surface area contributed by atoms with Gasteiger partial charge in [0.25, 0.3) is 0 Å². The largest absolute Gasteiger partial charge is 0.330 e. The molecule has 0 aromatic heterocycles. The van der Waals surface area contributed by atoms with Gasteiger partial charge in [-0.25, -0.2) is 4.39 Å². The number of hydrogen-bond donors (Lipinski definition) is 1. The molecule has 0 atom stereocenters. The fourth-order valence-corrected chi connectivity index (χ4v) is 2.70. The molecule has 1 fully saturated rings. The molecule has 1 aliphatic rings. The van der Waals surface area contributed by atoms with Crippen LogP contribution in [0.1, 0.15) is 50.2 Å². The second kappa shape index (κ2) is 5.18. The van der Waals surface area contributed by atoms with Crippen LogP contribution < -0.4 is 5.73 Å². The second-order valence-electron chi connectivity index (χ2n) is 5.84. The summed E-state index contributed by atoms with van der Waals surface area (Å²) in [6.45, 7) is 4.82. The molecule has 3 heteroatoms. The Kier molecular flexibility index (Phi) is 3.98. The molecule has 0 amide bonds. The summed E-state index contributed by atoms with van der Waals surface area (Å²) in [4.78, 5) is 0. The Balaban J connectivity index is 2.13. The second-order valence-corrected chi connectivity index (χ2v) is 6.22. The Labute approximate surface area is 114 Å². The smallest absolute Gasteiger partial charge is 0.142 e. The van der Waals surface area contributed by atoms with Crippen LogP contribution in [0.4, 0.5) is 4.39 Å². The molecule has 1 aliphatic carbocycles. The van der Waals surface area contributed by atoms with Crippen LogP contribution in [0.5, 0.6) is 0 Å². The van der Waals surface area contributed by atoms with Gasteiger partial charge >= 0.3 is 0 Å². The highest BCUT2D eigenvalue weighted by Gasteiger charge is 2.40. The van der Waals surface area contributed by atoms with Gasteiger partial charge in [0.2, 0.25) is 0 Å². The first kappa shape index (κ1) is 13.8. The predicted octanol–water partition coefficient (Wildman–Crippen LogP) is 4.27. The number of nitrogens with two attached hydrogens (primary N) is 1. The fraction of sp³-hybridized carbons (Fsp3) is 0.600. The van der Waals surface area contributed by atoms with E-state index < -0.39 is 0 Å². The highest BCUT2D eigenvalue weighted by atomic mass is 35.5. The van der Waals surface area contributed by atoms with Crippen molar-refractivity contribution in [3.05, 3.63) is 34.1 Å². The minimum atomic E-state index is -0.296.